The van der Waals surface area contributed by atoms with Crippen molar-refractivity contribution in [1.82, 2.24) is 4.90 Å². The van der Waals surface area contributed by atoms with Crippen LogP contribution < -0.4 is 0 Å². The predicted molar refractivity (Wildman–Crippen MR) is 55.4 cm³/mol. The fraction of sp³-hybridized carbons (Fsp3) is 0.364. The quantitative estimate of drug-likeness (QED) is 0.793. The van der Waals surface area contributed by atoms with E-state index < -0.39 is 5.97 Å². The van der Waals surface area contributed by atoms with Crippen LogP contribution >= 0.6 is 0 Å². The maximum absolute atomic E-state index is 10.9. The fourth-order valence-electron chi connectivity index (χ4n) is 1.27. The van der Waals surface area contributed by atoms with E-state index in [-0.39, 0.29) is 0 Å². The first-order chi connectivity index (χ1) is 6.65. The van der Waals surface area contributed by atoms with Gasteiger partial charge in [0.05, 0.1) is 5.56 Å². The normalized spacial score (nSPS) is 10.5. The Balaban J connectivity index is 2.90. The van der Waals surface area contributed by atoms with E-state index in [1.54, 1.807) is 12.1 Å². The molecule has 0 saturated heterocycles. The number of nitrogens with zero attached hydrogens (tertiary/aromatic N) is 1. The molecular weight excluding hydrogens is 178 g/mol. The van der Waals surface area contributed by atoms with Crippen LogP contribution in [0.1, 0.15) is 22.8 Å². The molecule has 14 heavy (non-hydrogen) atoms. The van der Waals surface area contributed by atoms with E-state index >= 15 is 0 Å². The highest BCUT2D eigenvalue weighted by Crippen LogP contribution is 2.10. The van der Waals surface area contributed by atoms with Crippen molar-refractivity contribution < 1.29 is 9.90 Å². The number of carbonyl (C=O) groups is 1. The van der Waals surface area contributed by atoms with Gasteiger partial charge in [0.2, 0.25) is 0 Å². The zero-order chi connectivity index (χ0) is 10.6. The summed E-state index contributed by atoms with van der Waals surface area (Å²) in [5.74, 6) is -0.856. The van der Waals surface area contributed by atoms with Gasteiger partial charge >= 0.3 is 5.97 Å². The Labute approximate surface area is 84.0 Å². The van der Waals surface area contributed by atoms with Gasteiger partial charge in [-0.1, -0.05) is 25.1 Å². The van der Waals surface area contributed by atoms with E-state index in [4.69, 9.17) is 5.11 Å². The third-order valence-corrected chi connectivity index (χ3v) is 2.23. The Morgan fingerprint density at radius 3 is 2.64 bits per heavy atom. The van der Waals surface area contributed by atoms with Crippen molar-refractivity contribution in [2.45, 2.75) is 13.5 Å². The van der Waals surface area contributed by atoms with Gasteiger partial charge in [0, 0.05) is 6.54 Å². The Morgan fingerprint density at radius 2 is 2.07 bits per heavy atom. The van der Waals surface area contributed by atoms with E-state index in [9.17, 15) is 4.79 Å². The van der Waals surface area contributed by atoms with E-state index in [0.717, 1.165) is 12.1 Å². The van der Waals surface area contributed by atoms with Crippen molar-refractivity contribution in [1.29, 1.82) is 0 Å². The molecule has 76 valence electrons. The van der Waals surface area contributed by atoms with Gasteiger partial charge in [0.25, 0.3) is 0 Å². The number of hydrogen-bond donors (Lipinski definition) is 1. The standard InChI is InChI=1S/C11H15NO2/c1-3-12(2)8-9-6-4-5-7-10(9)11(13)14/h4-7H,3,8H2,1-2H3,(H,13,14). The summed E-state index contributed by atoms with van der Waals surface area (Å²) in [6, 6.07) is 7.11. The second-order valence-corrected chi connectivity index (χ2v) is 3.29. The zero-order valence-electron chi connectivity index (χ0n) is 8.53. The summed E-state index contributed by atoms with van der Waals surface area (Å²) in [5.41, 5.74) is 1.26. The molecule has 0 atom stereocenters. The molecule has 0 heterocycles. The Bertz CT molecular complexity index is 323. The third-order valence-electron chi connectivity index (χ3n) is 2.23. The number of carboxylic acid groups (broad SMARTS) is 1. The van der Waals surface area contributed by atoms with Crippen LogP contribution in [0.15, 0.2) is 24.3 Å². The summed E-state index contributed by atoms with van der Waals surface area (Å²) < 4.78 is 0. The van der Waals surface area contributed by atoms with Crippen LogP contribution in [0.2, 0.25) is 0 Å². The molecule has 3 nitrogen and oxygen atoms in total. The summed E-state index contributed by atoms with van der Waals surface area (Å²) in [4.78, 5) is 12.9. The molecule has 0 unspecified atom stereocenters. The molecule has 0 amide bonds. The van der Waals surface area contributed by atoms with Gasteiger partial charge in [-0.15, -0.1) is 0 Å². The van der Waals surface area contributed by atoms with Crippen molar-refractivity contribution in [2.24, 2.45) is 0 Å². The van der Waals surface area contributed by atoms with Gasteiger partial charge in [-0.3, -0.25) is 0 Å². The Hall–Kier alpha value is -1.35. The summed E-state index contributed by atoms with van der Waals surface area (Å²) >= 11 is 0. The van der Waals surface area contributed by atoms with Crippen molar-refractivity contribution in [3.63, 3.8) is 0 Å². The molecule has 3 heteroatoms. The van der Waals surface area contributed by atoms with Gasteiger partial charge < -0.3 is 10.0 Å². The first-order valence-electron chi connectivity index (χ1n) is 4.65. The lowest BCUT2D eigenvalue weighted by Gasteiger charge is -2.15. The Morgan fingerprint density at radius 1 is 1.43 bits per heavy atom. The minimum absolute atomic E-state index is 0.396. The molecule has 1 aromatic rings. The molecule has 1 rings (SSSR count). The number of benzene rings is 1. The molecule has 0 aliphatic rings. The van der Waals surface area contributed by atoms with Crippen molar-refractivity contribution in [3.05, 3.63) is 35.4 Å². The first kappa shape index (κ1) is 10.7. The van der Waals surface area contributed by atoms with Crippen molar-refractivity contribution in [2.75, 3.05) is 13.6 Å². The summed E-state index contributed by atoms with van der Waals surface area (Å²) in [7, 11) is 1.97. The van der Waals surface area contributed by atoms with Crippen molar-refractivity contribution in [3.8, 4) is 0 Å². The van der Waals surface area contributed by atoms with E-state index in [1.807, 2.05) is 26.1 Å². The molecule has 0 aliphatic heterocycles. The molecule has 0 aromatic heterocycles. The van der Waals surface area contributed by atoms with Gasteiger partial charge in [0.15, 0.2) is 0 Å². The van der Waals surface area contributed by atoms with Crippen LogP contribution in [0.3, 0.4) is 0 Å². The topological polar surface area (TPSA) is 40.5 Å². The SMILES string of the molecule is CCN(C)Cc1ccccc1C(=O)O. The largest absolute Gasteiger partial charge is 0.478 e. The molecule has 0 aliphatic carbocycles. The van der Waals surface area contributed by atoms with Crippen LogP contribution in [-0.4, -0.2) is 29.6 Å². The second-order valence-electron chi connectivity index (χ2n) is 3.29. The molecule has 1 N–H and O–H groups in total. The molecule has 0 spiro atoms. The lowest BCUT2D eigenvalue weighted by atomic mass is 10.1. The number of rotatable bonds is 4. The Kier molecular flexibility index (Phi) is 3.65. The fourth-order valence-corrected chi connectivity index (χ4v) is 1.27. The van der Waals surface area contributed by atoms with Crippen LogP contribution in [0, 0.1) is 0 Å². The molecule has 0 fully saturated rings. The van der Waals surface area contributed by atoms with Crippen LogP contribution in [0.4, 0.5) is 0 Å². The third kappa shape index (κ3) is 2.57. The molecule has 0 saturated carbocycles. The van der Waals surface area contributed by atoms with Crippen molar-refractivity contribution >= 4 is 5.97 Å². The van der Waals surface area contributed by atoms with E-state index in [0.29, 0.717) is 12.1 Å². The highest BCUT2D eigenvalue weighted by atomic mass is 16.4. The first-order valence-corrected chi connectivity index (χ1v) is 4.65. The average molecular weight is 193 g/mol. The number of hydrogen-bond acceptors (Lipinski definition) is 2. The summed E-state index contributed by atoms with van der Waals surface area (Å²) in [6.45, 7) is 3.64. The molecule has 0 bridgehead atoms. The minimum atomic E-state index is -0.856. The van der Waals surface area contributed by atoms with E-state index in [1.165, 1.54) is 0 Å². The summed E-state index contributed by atoms with van der Waals surface area (Å²) in [5, 5.41) is 8.93. The van der Waals surface area contributed by atoms with E-state index in [2.05, 4.69) is 4.90 Å². The maximum Gasteiger partial charge on any atom is 0.336 e. The highest BCUT2D eigenvalue weighted by Gasteiger charge is 2.09. The summed E-state index contributed by atoms with van der Waals surface area (Å²) in [6.07, 6.45) is 0. The van der Waals surface area contributed by atoms with Gasteiger partial charge in [0.1, 0.15) is 0 Å². The highest BCUT2D eigenvalue weighted by molar-refractivity contribution is 5.89. The van der Waals surface area contributed by atoms with Crippen LogP contribution in [0.25, 0.3) is 0 Å². The molecule has 0 radical (unpaired) electrons. The number of carboxylic acids is 1. The predicted octanol–water partition coefficient (Wildman–Crippen LogP) is 1.84. The molecular formula is C11H15NO2. The minimum Gasteiger partial charge on any atom is -0.478 e. The van der Waals surface area contributed by atoms with Crippen LogP contribution in [-0.2, 0) is 6.54 Å². The maximum atomic E-state index is 10.9. The lowest BCUT2D eigenvalue weighted by Crippen LogP contribution is -2.18. The lowest BCUT2D eigenvalue weighted by molar-refractivity contribution is 0.0695. The van der Waals surface area contributed by atoms with Gasteiger partial charge in [-0.2, -0.15) is 0 Å². The average Bonchev–Trinajstić information content (AvgIpc) is 2.18. The zero-order valence-corrected chi connectivity index (χ0v) is 8.53. The molecule has 1 aromatic carbocycles. The van der Waals surface area contributed by atoms with Gasteiger partial charge in [-0.25, -0.2) is 4.79 Å². The second kappa shape index (κ2) is 4.77. The van der Waals surface area contributed by atoms with Crippen LogP contribution in [0.5, 0.6) is 0 Å². The smallest absolute Gasteiger partial charge is 0.336 e. The number of aromatic carboxylic acids is 1. The van der Waals surface area contributed by atoms with Gasteiger partial charge in [-0.05, 0) is 25.2 Å². The monoisotopic (exact) mass is 193 g/mol.